The average Bonchev–Trinajstić information content (AvgIpc) is 3.32. The van der Waals surface area contributed by atoms with Gasteiger partial charge < -0.3 is 10.1 Å². The van der Waals surface area contributed by atoms with Crippen molar-refractivity contribution in [1.82, 2.24) is 9.80 Å². The molecule has 0 bridgehead atoms. The van der Waals surface area contributed by atoms with Crippen LogP contribution in [0.4, 0.5) is 16.2 Å². The molecule has 1 N–H and O–H groups in total. The maximum Gasteiger partial charge on any atom is 0.321 e. The highest BCUT2D eigenvalue weighted by Gasteiger charge is 2.45. The number of nitrogens with zero attached hydrogens (tertiary/aromatic N) is 3. The fourth-order valence-electron chi connectivity index (χ4n) is 4.70. The van der Waals surface area contributed by atoms with E-state index in [1.54, 1.807) is 4.90 Å². The molecule has 6 heteroatoms. The molecular formula is C24H27N4O2+. The van der Waals surface area contributed by atoms with Crippen molar-refractivity contribution in [2.75, 3.05) is 37.7 Å². The van der Waals surface area contributed by atoms with Crippen LogP contribution in [0.25, 0.3) is 11.3 Å². The van der Waals surface area contributed by atoms with Gasteiger partial charge in [0.1, 0.15) is 17.4 Å². The number of nitriles is 1. The SMILES string of the molecule is CCOc1ccc2c(c1)[N+](CC)(CC)C(c1ccc(N3CCNC3=O)cc1)=C2C#N. The molecule has 0 saturated carbocycles. The summed E-state index contributed by atoms with van der Waals surface area (Å²) >= 11 is 0. The van der Waals surface area contributed by atoms with Crippen molar-refractivity contribution in [3.05, 3.63) is 53.6 Å². The number of amides is 2. The van der Waals surface area contributed by atoms with Crippen molar-refractivity contribution in [2.24, 2.45) is 0 Å². The van der Waals surface area contributed by atoms with Crippen LogP contribution in [0.5, 0.6) is 5.75 Å². The smallest absolute Gasteiger partial charge is 0.321 e. The van der Waals surface area contributed by atoms with Gasteiger partial charge >= 0.3 is 6.03 Å². The molecule has 30 heavy (non-hydrogen) atoms. The van der Waals surface area contributed by atoms with Gasteiger partial charge in [0, 0.05) is 30.4 Å². The lowest BCUT2D eigenvalue weighted by molar-refractivity contribution is 0.252. The fourth-order valence-corrected chi connectivity index (χ4v) is 4.70. The lowest BCUT2D eigenvalue weighted by atomic mass is 10.0. The molecule has 2 aliphatic heterocycles. The van der Waals surface area contributed by atoms with Gasteiger partial charge in [0.2, 0.25) is 0 Å². The number of urea groups is 1. The number of hydrogen-bond donors (Lipinski definition) is 1. The summed E-state index contributed by atoms with van der Waals surface area (Å²) in [5.41, 5.74) is 5.69. The lowest BCUT2D eigenvalue weighted by Crippen LogP contribution is -2.45. The van der Waals surface area contributed by atoms with E-state index in [9.17, 15) is 10.1 Å². The Labute approximate surface area is 177 Å². The number of carbonyl (C=O) groups excluding carboxylic acids is 1. The maximum atomic E-state index is 12.0. The zero-order valence-corrected chi connectivity index (χ0v) is 17.7. The Balaban J connectivity index is 1.83. The summed E-state index contributed by atoms with van der Waals surface area (Å²) in [6.07, 6.45) is 0. The Morgan fingerprint density at radius 1 is 1.13 bits per heavy atom. The minimum absolute atomic E-state index is 0.0661. The normalized spacial score (nSPS) is 17.0. The van der Waals surface area contributed by atoms with Crippen LogP contribution in [-0.2, 0) is 0 Å². The van der Waals surface area contributed by atoms with E-state index in [1.165, 1.54) is 0 Å². The van der Waals surface area contributed by atoms with Gasteiger partial charge in [-0.05, 0) is 57.2 Å². The van der Waals surface area contributed by atoms with E-state index < -0.39 is 0 Å². The molecule has 0 atom stereocenters. The van der Waals surface area contributed by atoms with E-state index in [4.69, 9.17) is 4.74 Å². The highest BCUT2D eigenvalue weighted by Crippen LogP contribution is 2.50. The maximum absolute atomic E-state index is 12.0. The molecule has 2 aromatic rings. The molecule has 6 nitrogen and oxygen atoms in total. The largest absolute Gasteiger partial charge is 0.494 e. The van der Waals surface area contributed by atoms with Crippen molar-refractivity contribution in [1.29, 1.82) is 5.26 Å². The predicted octanol–water partition coefficient (Wildman–Crippen LogP) is 4.37. The highest BCUT2D eigenvalue weighted by atomic mass is 16.5. The van der Waals surface area contributed by atoms with Crippen LogP contribution in [0.1, 0.15) is 31.9 Å². The van der Waals surface area contributed by atoms with Crippen LogP contribution >= 0.6 is 0 Å². The van der Waals surface area contributed by atoms with Crippen LogP contribution in [0.3, 0.4) is 0 Å². The first kappa shape index (κ1) is 20.0. The zero-order chi connectivity index (χ0) is 21.3. The Morgan fingerprint density at radius 3 is 2.43 bits per heavy atom. The molecular weight excluding hydrogens is 376 g/mol. The van der Waals surface area contributed by atoms with Crippen LogP contribution in [0.2, 0.25) is 0 Å². The number of rotatable bonds is 6. The Morgan fingerprint density at radius 2 is 1.87 bits per heavy atom. The van der Waals surface area contributed by atoms with E-state index in [0.29, 0.717) is 29.8 Å². The average molecular weight is 404 g/mol. The first-order valence-electron chi connectivity index (χ1n) is 10.5. The third kappa shape index (κ3) is 2.94. The summed E-state index contributed by atoms with van der Waals surface area (Å²) in [6.45, 7) is 9.88. The number of fused-ring (bicyclic) bond motifs is 1. The topological polar surface area (TPSA) is 65.4 Å². The molecule has 0 aromatic heterocycles. The predicted molar refractivity (Wildman–Crippen MR) is 120 cm³/mol. The molecule has 0 spiro atoms. The first-order chi connectivity index (χ1) is 14.6. The zero-order valence-electron chi connectivity index (χ0n) is 17.7. The fraction of sp³-hybridized carbons (Fsp3) is 0.333. The van der Waals surface area contributed by atoms with Gasteiger partial charge in [-0.1, -0.05) is 0 Å². The molecule has 0 radical (unpaired) electrons. The molecule has 2 aliphatic rings. The van der Waals surface area contributed by atoms with Crippen molar-refractivity contribution in [2.45, 2.75) is 20.8 Å². The first-order valence-corrected chi connectivity index (χ1v) is 10.5. The van der Waals surface area contributed by atoms with E-state index in [2.05, 4.69) is 31.3 Å². The van der Waals surface area contributed by atoms with Crippen molar-refractivity contribution >= 4 is 28.7 Å². The summed E-state index contributed by atoms with van der Waals surface area (Å²) in [5, 5.41) is 12.9. The number of carbonyl (C=O) groups is 1. The monoisotopic (exact) mass is 403 g/mol. The molecule has 2 amide bonds. The quantitative estimate of drug-likeness (QED) is 0.729. The van der Waals surface area contributed by atoms with Crippen molar-refractivity contribution in [3.8, 4) is 11.8 Å². The summed E-state index contributed by atoms with van der Waals surface area (Å²) < 4.78 is 6.35. The Kier molecular flexibility index (Phi) is 5.23. The van der Waals surface area contributed by atoms with Crippen molar-refractivity contribution < 1.29 is 9.53 Å². The molecule has 154 valence electrons. The number of nitrogens with one attached hydrogen (secondary N) is 1. The highest BCUT2D eigenvalue weighted by molar-refractivity contribution is 6.08. The van der Waals surface area contributed by atoms with Crippen LogP contribution in [0.15, 0.2) is 42.5 Å². The van der Waals surface area contributed by atoms with Gasteiger partial charge in [-0.2, -0.15) is 5.26 Å². The number of benzene rings is 2. The number of ether oxygens (including phenoxy) is 1. The van der Waals surface area contributed by atoms with Gasteiger partial charge in [-0.25, -0.2) is 4.79 Å². The van der Waals surface area contributed by atoms with Gasteiger partial charge in [-0.3, -0.25) is 9.38 Å². The van der Waals surface area contributed by atoms with Gasteiger partial charge in [-0.15, -0.1) is 0 Å². The number of hydrogen-bond acceptors (Lipinski definition) is 3. The minimum Gasteiger partial charge on any atom is -0.494 e. The minimum atomic E-state index is -0.0661. The second-order valence-electron chi connectivity index (χ2n) is 7.48. The standard InChI is InChI=1S/C24H26N4O2/c1-4-28(5-2)22-15-19(30-6-3)11-12-20(22)21(16-25)23(28)17-7-9-18(10-8-17)27-14-13-26-24(27)29/h7-12,15H,4-6,13-14H2,1-3H3/p+1. The Hall–Kier alpha value is -3.30. The van der Waals surface area contributed by atoms with Gasteiger partial charge in [0.15, 0.2) is 11.4 Å². The van der Waals surface area contributed by atoms with Crippen LogP contribution in [0, 0.1) is 11.3 Å². The van der Waals surface area contributed by atoms with E-state index >= 15 is 0 Å². The number of quaternary nitrogens is 1. The van der Waals surface area contributed by atoms with Crippen LogP contribution in [-0.4, -0.2) is 38.8 Å². The second-order valence-corrected chi connectivity index (χ2v) is 7.48. The lowest BCUT2D eigenvalue weighted by Gasteiger charge is -2.35. The molecule has 1 saturated heterocycles. The van der Waals surface area contributed by atoms with Crippen LogP contribution < -0.4 is 19.4 Å². The molecule has 0 unspecified atom stereocenters. The van der Waals surface area contributed by atoms with Crippen molar-refractivity contribution in [3.63, 3.8) is 0 Å². The number of anilines is 1. The molecule has 0 aliphatic carbocycles. The summed E-state index contributed by atoms with van der Waals surface area (Å²) in [5.74, 6) is 0.828. The van der Waals surface area contributed by atoms with E-state index in [-0.39, 0.29) is 6.03 Å². The summed E-state index contributed by atoms with van der Waals surface area (Å²) in [6, 6.07) is 16.4. The summed E-state index contributed by atoms with van der Waals surface area (Å²) in [7, 11) is 0. The van der Waals surface area contributed by atoms with Gasteiger partial charge in [0.05, 0.1) is 25.3 Å². The molecule has 2 heterocycles. The number of allylic oxidation sites excluding steroid dienone is 1. The molecule has 1 fully saturated rings. The third-order valence-electron chi connectivity index (χ3n) is 6.18. The third-order valence-corrected chi connectivity index (χ3v) is 6.18. The molecule has 4 rings (SSSR count). The van der Waals surface area contributed by atoms with E-state index in [0.717, 1.165) is 47.0 Å². The second kappa shape index (κ2) is 7.85. The Bertz CT molecular complexity index is 1050. The van der Waals surface area contributed by atoms with E-state index in [1.807, 2.05) is 43.3 Å². The van der Waals surface area contributed by atoms with Gasteiger partial charge in [0.25, 0.3) is 0 Å². The summed E-state index contributed by atoms with van der Waals surface area (Å²) in [4.78, 5) is 13.7. The molecule has 2 aromatic carbocycles.